The van der Waals surface area contributed by atoms with Crippen molar-refractivity contribution >= 4 is 11.6 Å². The number of nitriles is 1. The van der Waals surface area contributed by atoms with Gasteiger partial charge in [0.05, 0.1) is 16.8 Å². The van der Waals surface area contributed by atoms with Crippen LogP contribution in [-0.2, 0) is 0 Å². The van der Waals surface area contributed by atoms with Crippen LogP contribution in [-0.4, -0.2) is 20.0 Å². The van der Waals surface area contributed by atoms with Crippen molar-refractivity contribution in [2.75, 3.05) is 0 Å². The molecule has 0 aliphatic heterocycles. The van der Waals surface area contributed by atoms with Crippen molar-refractivity contribution in [2.45, 2.75) is 0 Å². The Morgan fingerprint density at radius 2 is 1.28 bits per heavy atom. The second kappa shape index (κ2) is 8.46. The fourth-order valence-corrected chi connectivity index (χ4v) is 3.89. The van der Waals surface area contributed by atoms with Crippen LogP contribution in [0.15, 0.2) is 97.2 Å². The smallest absolute Gasteiger partial charge is 0.161 e. The van der Waals surface area contributed by atoms with E-state index in [9.17, 15) is 5.26 Å². The molecule has 0 spiro atoms. The zero-order valence-electron chi connectivity index (χ0n) is 16.9. The van der Waals surface area contributed by atoms with Crippen LogP contribution in [0.2, 0.25) is 5.15 Å². The number of aromatic nitrogens is 4. The lowest BCUT2D eigenvalue weighted by Crippen LogP contribution is -2.00. The molecule has 0 unspecified atom stereocenters. The van der Waals surface area contributed by atoms with Gasteiger partial charge in [-0.3, -0.25) is 0 Å². The molecule has 5 nitrogen and oxygen atoms in total. The zero-order chi connectivity index (χ0) is 21.9. The van der Waals surface area contributed by atoms with Gasteiger partial charge in [0.15, 0.2) is 5.15 Å². The Morgan fingerprint density at radius 1 is 0.688 bits per heavy atom. The summed E-state index contributed by atoms with van der Waals surface area (Å²) in [5.74, 6) is 0. The van der Waals surface area contributed by atoms with Crippen molar-refractivity contribution < 1.29 is 0 Å². The van der Waals surface area contributed by atoms with Gasteiger partial charge in [0.2, 0.25) is 0 Å². The van der Waals surface area contributed by atoms with Crippen molar-refractivity contribution in [3.63, 3.8) is 0 Å². The minimum absolute atomic E-state index is 0.193. The average molecular weight is 434 g/mol. The van der Waals surface area contributed by atoms with E-state index in [0.29, 0.717) is 22.5 Å². The number of hydrogen-bond donors (Lipinski definition) is 0. The summed E-state index contributed by atoms with van der Waals surface area (Å²) in [6.07, 6.45) is 1.71. The van der Waals surface area contributed by atoms with Crippen LogP contribution in [0.4, 0.5) is 0 Å². The average Bonchev–Trinajstić information content (AvgIpc) is 3.29. The van der Waals surface area contributed by atoms with Crippen LogP contribution >= 0.6 is 11.6 Å². The fourth-order valence-electron chi connectivity index (χ4n) is 3.67. The summed E-state index contributed by atoms with van der Waals surface area (Å²) >= 11 is 6.63. The normalized spacial score (nSPS) is 10.6. The second-order valence-corrected chi connectivity index (χ2v) is 7.46. The first-order valence-electron chi connectivity index (χ1n) is 9.99. The van der Waals surface area contributed by atoms with Gasteiger partial charge in [0, 0.05) is 17.3 Å². The van der Waals surface area contributed by atoms with Crippen molar-refractivity contribution in [1.29, 1.82) is 5.26 Å². The molecule has 0 radical (unpaired) electrons. The van der Waals surface area contributed by atoms with E-state index < -0.39 is 0 Å². The molecule has 0 bridgehead atoms. The molecule has 32 heavy (non-hydrogen) atoms. The summed E-state index contributed by atoms with van der Waals surface area (Å²) in [5.41, 5.74) is 5.57. The topological polar surface area (TPSA) is 67.4 Å². The minimum Gasteiger partial charge on any atom is -0.239 e. The van der Waals surface area contributed by atoms with Crippen molar-refractivity contribution in [3.05, 3.63) is 108 Å². The molecule has 0 saturated carbocycles. The van der Waals surface area contributed by atoms with Gasteiger partial charge in [-0.25, -0.2) is 4.68 Å². The van der Waals surface area contributed by atoms with E-state index in [0.717, 1.165) is 22.4 Å². The molecule has 5 aromatic rings. The molecule has 0 amide bonds. The molecule has 0 atom stereocenters. The third-order valence-electron chi connectivity index (χ3n) is 5.13. The van der Waals surface area contributed by atoms with E-state index >= 15 is 0 Å². The summed E-state index contributed by atoms with van der Waals surface area (Å²) in [6, 6.07) is 31.5. The van der Waals surface area contributed by atoms with E-state index in [4.69, 9.17) is 16.7 Å². The lowest BCUT2D eigenvalue weighted by molar-refractivity contribution is 0.883. The predicted octanol–water partition coefficient (Wildman–Crippen LogP) is 6.19. The van der Waals surface area contributed by atoms with Gasteiger partial charge in [-0.2, -0.15) is 10.4 Å². The summed E-state index contributed by atoms with van der Waals surface area (Å²) in [5, 5.41) is 23.5. The molecule has 0 N–H and O–H groups in total. The number of halogens is 1. The number of hydrogen-bond acceptors (Lipinski definition) is 4. The van der Waals surface area contributed by atoms with Gasteiger partial charge in [-0.05, 0) is 17.7 Å². The molecule has 0 fully saturated rings. The van der Waals surface area contributed by atoms with E-state index in [1.165, 1.54) is 0 Å². The Labute approximate surface area is 190 Å². The zero-order valence-corrected chi connectivity index (χ0v) is 17.6. The van der Waals surface area contributed by atoms with Gasteiger partial charge in [-0.1, -0.05) is 90.5 Å². The predicted molar refractivity (Wildman–Crippen MR) is 125 cm³/mol. The van der Waals surface area contributed by atoms with Crippen LogP contribution in [0.5, 0.6) is 0 Å². The quantitative estimate of drug-likeness (QED) is 0.339. The maximum atomic E-state index is 9.90. The van der Waals surface area contributed by atoms with Gasteiger partial charge in [0.1, 0.15) is 17.5 Å². The summed E-state index contributed by atoms with van der Waals surface area (Å²) in [4.78, 5) is 0. The van der Waals surface area contributed by atoms with E-state index in [1.807, 2.05) is 91.0 Å². The van der Waals surface area contributed by atoms with Gasteiger partial charge in [0.25, 0.3) is 0 Å². The number of rotatable bonds is 4. The third kappa shape index (κ3) is 3.53. The van der Waals surface area contributed by atoms with Crippen molar-refractivity contribution in [2.24, 2.45) is 0 Å². The summed E-state index contributed by atoms with van der Waals surface area (Å²) in [6.45, 7) is 0. The molecule has 5 rings (SSSR count). The summed E-state index contributed by atoms with van der Waals surface area (Å²) < 4.78 is 1.68. The van der Waals surface area contributed by atoms with Gasteiger partial charge >= 0.3 is 0 Å². The highest BCUT2D eigenvalue weighted by molar-refractivity contribution is 6.33. The first-order valence-corrected chi connectivity index (χ1v) is 10.4. The highest BCUT2D eigenvalue weighted by Gasteiger charge is 2.24. The lowest BCUT2D eigenvalue weighted by atomic mass is 9.93. The number of benzene rings is 3. The highest BCUT2D eigenvalue weighted by Crippen LogP contribution is 2.42. The standard InChI is InChI=1S/C26H16ClN5/c27-26-23(25-20(16-28)17-32(31-25)21-14-8-3-9-15-21)22(18-10-4-1-5-11-18)24(29-30-26)19-12-6-2-7-13-19/h1-15,17H. The third-order valence-corrected chi connectivity index (χ3v) is 5.40. The van der Waals surface area contributed by atoms with Crippen LogP contribution in [0.3, 0.4) is 0 Å². The Balaban J connectivity index is 1.83. The molecule has 0 aliphatic rings. The van der Waals surface area contributed by atoms with Gasteiger partial charge in [-0.15, -0.1) is 10.2 Å². The van der Waals surface area contributed by atoms with E-state index in [2.05, 4.69) is 16.3 Å². The van der Waals surface area contributed by atoms with Crippen LogP contribution in [0, 0.1) is 11.3 Å². The molecule has 2 heterocycles. The first kappa shape index (κ1) is 19.7. The number of nitrogens with zero attached hydrogens (tertiary/aromatic N) is 5. The number of para-hydroxylation sites is 1. The Hall–Kier alpha value is -4.27. The van der Waals surface area contributed by atoms with Crippen LogP contribution < -0.4 is 0 Å². The maximum Gasteiger partial charge on any atom is 0.161 e. The second-order valence-electron chi connectivity index (χ2n) is 7.10. The largest absolute Gasteiger partial charge is 0.239 e. The first-order chi connectivity index (χ1) is 15.8. The SMILES string of the molecule is N#Cc1cn(-c2ccccc2)nc1-c1c(Cl)nnc(-c2ccccc2)c1-c1ccccc1. The fraction of sp³-hybridized carbons (Fsp3) is 0. The molecule has 3 aromatic carbocycles. The van der Waals surface area contributed by atoms with Crippen LogP contribution in [0.25, 0.3) is 39.3 Å². The Kier molecular flexibility index (Phi) is 5.20. The van der Waals surface area contributed by atoms with Crippen LogP contribution in [0.1, 0.15) is 5.56 Å². The van der Waals surface area contributed by atoms with Crippen molar-refractivity contribution in [3.8, 4) is 45.4 Å². The van der Waals surface area contributed by atoms with E-state index in [-0.39, 0.29) is 5.15 Å². The molecular formula is C26H16ClN5. The molecular weight excluding hydrogens is 418 g/mol. The Morgan fingerprint density at radius 3 is 1.91 bits per heavy atom. The molecule has 0 saturated heterocycles. The monoisotopic (exact) mass is 433 g/mol. The molecule has 152 valence electrons. The highest BCUT2D eigenvalue weighted by atomic mass is 35.5. The molecule has 6 heteroatoms. The lowest BCUT2D eigenvalue weighted by Gasteiger charge is -2.14. The maximum absolute atomic E-state index is 9.90. The van der Waals surface area contributed by atoms with Crippen molar-refractivity contribution in [1.82, 2.24) is 20.0 Å². The van der Waals surface area contributed by atoms with Gasteiger partial charge < -0.3 is 0 Å². The van der Waals surface area contributed by atoms with E-state index in [1.54, 1.807) is 10.9 Å². The molecule has 2 aromatic heterocycles. The Bertz CT molecular complexity index is 1420. The molecule has 0 aliphatic carbocycles. The summed E-state index contributed by atoms with van der Waals surface area (Å²) in [7, 11) is 0. The minimum atomic E-state index is 0.193.